The number of carbonyl (C=O) groups is 3. The molecule has 10 heteroatoms. The molecule has 0 aliphatic carbocycles. The Bertz CT molecular complexity index is 1170. The second kappa shape index (κ2) is 8.53. The molecule has 0 radical (unpaired) electrons. The molecule has 2 aromatic rings. The first-order valence-electron chi connectivity index (χ1n) is 12.1. The molecule has 3 amide bonds. The molecule has 1 unspecified atom stereocenters. The van der Waals surface area contributed by atoms with Gasteiger partial charge in [-0.15, -0.1) is 5.10 Å². The fourth-order valence-corrected chi connectivity index (χ4v) is 5.62. The van der Waals surface area contributed by atoms with E-state index in [1.54, 1.807) is 15.6 Å². The zero-order valence-corrected chi connectivity index (χ0v) is 20.7. The van der Waals surface area contributed by atoms with Gasteiger partial charge in [0.15, 0.2) is 0 Å². The molecule has 186 valence electrons. The van der Waals surface area contributed by atoms with Gasteiger partial charge in [0.05, 0.1) is 28.8 Å². The number of imide groups is 1. The second-order valence-electron chi connectivity index (χ2n) is 11.0. The summed E-state index contributed by atoms with van der Waals surface area (Å²) < 4.78 is 7.89. The summed E-state index contributed by atoms with van der Waals surface area (Å²) in [6, 6.07) is 4.92. The number of nitrogens with zero attached hydrogens (tertiary/aromatic N) is 5. The molecule has 3 aliphatic rings. The Morgan fingerprint density at radius 3 is 2.57 bits per heavy atom. The van der Waals surface area contributed by atoms with Crippen LogP contribution in [0.3, 0.4) is 0 Å². The highest BCUT2D eigenvalue weighted by Crippen LogP contribution is 2.30. The molecular weight excluding hydrogens is 448 g/mol. The Morgan fingerprint density at radius 2 is 1.86 bits per heavy atom. The monoisotopic (exact) mass is 480 g/mol. The predicted molar refractivity (Wildman–Crippen MR) is 127 cm³/mol. The van der Waals surface area contributed by atoms with Crippen molar-refractivity contribution in [1.82, 2.24) is 30.1 Å². The van der Waals surface area contributed by atoms with E-state index < -0.39 is 11.9 Å². The summed E-state index contributed by atoms with van der Waals surface area (Å²) in [5.74, 6) is -0.881. The maximum atomic E-state index is 12.9. The third kappa shape index (κ3) is 4.85. The molecule has 35 heavy (non-hydrogen) atoms. The molecule has 1 aromatic heterocycles. The van der Waals surface area contributed by atoms with Crippen LogP contribution in [0.5, 0.6) is 0 Å². The lowest BCUT2D eigenvalue weighted by atomic mass is 9.99. The summed E-state index contributed by atoms with van der Waals surface area (Å²) in [6.45, 7) is 11.4. The Morgan fingerprint density at radius 1 is 1.11 bits per heavy atom. The van der Waals surface area contributed by atoms with Crippen molar-refractivity contribution in [2.45, 2.75) is 70.7 Å². The van der Waals surface area contributed by atoms with Crippen molar-refractivity contribution in [3.8, 4) is 5.69 Å². The van der Waals surface area contributed by atoms with Gasteiger partial charge in [0.1, 0.15) is 6.04 Å². The van der Waals surface area contributed by atoms with Crippen LogP contribution >= 0.6 is 0 Å². The number of benzene rings is 1. The molecule has 2 fully saturated rings. The minimum absolute atomic E-state index is 0.184. The van der Waals surface area contributed by atoms with Crippen LogP contribution < -0.4 is 5.32 Å². The van der Waals surface area contributed by atoms with Crippen molar-refractivity contribution in [3.63, 3.8) is 0 Å². The highest BCUT2D eigenvalue weighted by Gasteiger charge is 2.39. The van der Waals surface area contributed by atoms with Crippen LogP contribution in [0.2, 0.25) is 0 Å². The normalized spacial score (nSPS) is 23.9. The Kier molecular flexibility index (Phi) is 5.76. The van der Waals surface area contributed by atoms with Gasteiger partial charge in [-0.2, -0.15) is 0 Å². The number of aromatic nitrogens is 3. The van der Waals surface area contributed by atoms with E-state index >= 15 is 0 Å². The Labute approximate surface area is 204 Å². The molecule has 10 nitrogen and oxygen atoms in total. The lowest BCUT2D eigenvalue weighted by Gasteiger charge is -2.47. The van der Waals surface area contributed by atoms with E-state index in [2.05, 4.69) is 48.2 Å². The number of fused-ring (bicyclic) bond motifs is 1. The first-order valence-corrected chi connectivity index (χ1v) is 12.1. The second-order valence-corrected chi connectivity index (χ2v) is 11.0. The number of hydrogen-bond acceptors (Lipinski definition) is 7. The van der Waals surface area contributed by atoms with Gasteiger partial charge in [-0.1, -0.05) is 5.21 Å². The van der Waals surface area contributed by atoms with Crippen molar-refractivity contribution in [2.75, 3.05) is 19.6 Å². The van der Waals surface area contributed by atoms with Crippen molar-refractivity contribution in [3.05, 3.63) is 41.2 Å². The van der Waals surface area contributed by atoms with Gasteiger partial charge < -0.3 is 9.64 Å². The summed E-state index contributed by atoms with van der Waals surface area (Å²) in [6.07, 6.45) is 3.29. The number of morpholine rings is 1. The van der Waals surface area contributed by atoms with Crippen LogP contribution in [-0.4, -0.2) is 79.4 Å². The van der Waals surface area contributed by atoms with Gasteiger partial charge in [-0.3, -0.25) is 24.6 Å². The Hall–Kier alpha value is -3.11. The molecule has 1 N–H and O–H groups in total. The number of nitrogens with one attached hydrogen (secondary N) is 1. The van der Waals surface area contributed by atoms with Crippen LogP contribution in [-0.2, 0) is 27.3 Å². The number of hydrogen-bond donors (Lipinski definition) is 1. The van der Waals surface area contributed by atoms with Gasteiger partial charge in [-0.25, -0.2) is 4.68 Å². The summed E-state index contributed by atoms with van der Waals surface area (Å²) in [5.41, 5.74) is 2.75. The van der Waals surface area contributed by atoms with E-state index in [1.807, 2.05) is 18.3 Å². The van der Waals surface area contributed by atoms with E-state index in [9.17, 15) is 14.4 Å². The largest absolute Gasteiger partial charge is 0.367 e. The highest BCUT2D eigenvalue weighted by atomic mass is 16.5. The fraction of sp³-hybridized carbons (Fsp3) is 0.560. The number of amides is 3. The molecule has 1 aromatic carbocycles. The van der Waals surface area contributed by atoms with Crippen LogP contribution in [0.25, 0.3) is 5.69 Å². The third-order valence-electron chi connectivity index (χ3n) is 6.76. The molecule has 1 atom stereocenters. The average Bonchev–Trinajstić information content (AvgIpc) is 3.35. The van der Waals surface area contributed by atoms with Crippen LogP contribution in [0.4, 0.5) is 0 Å². The van der Waals surface area contributed by atoms with Gasteiger partial charge in [-0.05, 0) is 57.9 Å². The molecule has 0 saturated carbocycles. The molecule has 4 heterocycles. The van der Waals surface area contributed by atoms with Crippen molar-refractivity contribution >= 4 is 17.7 Å². The van der Waals surface area contributed by atoms with Gasteiger partial charge in [0.25, 0.3) is 5.91 Å². The number of ether oxygens (including phenoxy) is 1. The van der Waals surface area contributed by atoms with E-state index in [1.165, 1.54) is 0 Å². The van der Waals surface area contributed by atoms with Gasteiger partial charge in [0, 0.05) is 44.6 Å². The zero-order chi connectivity index (χ0) is 25.0. The molecule has 0 spiro atoms. The third-order valence-corrected chi connectivity index (χ3v) is 6.76. The molecule has 3 aliphatic heterocycles. The van der Waals surface area contributed by atoms with Crippen molar-refractivity contribution < 1.29 is 19.1 Å². The lowest BCUT2D eigenvalue weighted by molar-refractivity contribution is -0.180. The summed E-state index contributed by atoms with van der Waals surface area (Å²) >= 11 is 0. The maximum absolute atomic E-state index is 12.9. The molecule has 0 bridgehead atoms. The SMILES string of the molecule is CC1(C)CN(CCc2cn(-c3ccc4c(c3)CN(C3CCC(=O)NC3=O)C4=O)nn2)CC(C)(C)O1. The maximum Gasteiger partial charge on any atom is 0.255 e. The number of carbonyl (C=O) groups excluding carboxylic acids is 3. The first-order chi connectivity index (χ1) is 16.5. The fourth-order valence-electron chi connectivity index (χ4n) is 5.62. The average molecular weight is 481 g/mol. The topological polar surface area (TPSA) is 110 Å². The summed E-state index contributed by atoms with van der Waals surface area (Å²) in [7, 11) is 0. The minimum atomic E-state index is -0.621. The van der Waals surface area contributed by atoms with Crippen molar-refractivity contribution in [2.24, 2.45) is 0 Å². The summed E-state index contributed by atoms with van der Waals surface area (Å²) in [5, 5.41) is 11.0. The minimum Gasteiger partial charge on any atom is -0.367 e. The zero-order valence-electron chi connectivity index (χ0n) is 20.7. The lowest BCUT2D eigenvalue weighted by Crippen LogP contribution is -2.57. The predicted octanol–water partition coefficient (Wildman–Crippen LogP) is 1.46. The first kappa shape index (κ1) is 23.6. The molecule has 5 rings (SSSR count). The van der Waals surface area contributed by atoms with Crippen LogP contribution in [0.1, 0.15) is 62.2 Å². The van der Waals surface area contributed by atoms with E-state index in [0.29, 0.717) is 18.5 Å². The molecular formula is C25H32N6O4. The number of piperidine rings is 1. The van der Waals surface area contributed by atoms with E-state index in [-0.39, 0.29) is 29.4 Å². The summed E-state index contributed by atoms with van der Waals surface area (Å²) in [4.78, 5) is 40.6. The number of rotatable bonds is 5. The molecule has 2 saturated heterocycles. The van der Waals surface area contributed by atoms with Gasteiger partial charge in [0.2, 0.25) is 11.8 Å². The van der Waals surface area contributed by atoms with Gasteiger partial charge >= 0.3 is 0 Å². The smallest absolute Gasteiger partial charge is 0.255 e. The van der Waals surface area contributed by atoms with E-state index in [4.69, 9.17) is 4.74 Å². The van der Waals surface area contributed by atoms with Crippen molar-refractivity contribution in [1.29, 1.82) is 0 Å². The standard InChI is InChI=1S/C25H32N6O4/c1-24(2)14-29(15-25(3,4)35-24)10-9-17-13-31(28-27-17)18-5-6-19-16(11-18)12-30(23(19)34)20-7-8-21(32)26-22(20)33/h5-6,11,13,20H,7-10,12,14-15H2,1-4H3,(H,26,32,33). The Balaban J connectivity index is 1.25. The van der Waals surface area contributed by atoms with Crippen LogP contribution in [0.15, 0.2) is 24.4 Å². The highest BCUT2D eigenvalue weighted by molar-refractivity contribution is 6.05. The quantitative estimate of drug-likeness (QED) is 0.645. The van der Waals surface area contributed by atoms with Crippen LogP contribution in [0, 0.1) is 0 Å². The van der Waals surface area contributed by atoms with E-state index in [0.717, 1.165) is 43.0 Å².